The number of methoxy groups -OCH3 is 1. The Kier molecular flexibility index (Phi) is 6.94. The molecule has 0 aliphatic rings. The second-order valence-electron chi connectivity index (χ2n) is 4.81. The van der Waals surface area contributed by atoms with Crippen LogP contribution in [0.3, 0.4) is 0 Å². The number of nitrogens with zero attached hydrogens (tertiary/aromatic N) is 1. The van der Waals surface area contributed by atoms with Crippen LogP contribution in [-0.2, 0) is 4.79 Å². The van der Waals surface area contributed by atoms with Gasteiger partial charge in [0.15, 0.2) is 11.5 Å². The third-order valence-electron chi connectivity index (χ3n) is 3.00. The first kappa shape index (κ1) is 19.4. The van der Waals surface area contributed by atoms with Gasteiger partial charge in [0.05, 0.1) is 22.5 Å². The molecule has 0 bridgehead atoms. The Hall–Kier alpha value is -1.94. The third-order valence-corrected chi connectivity index (χ3v) is 4.49. The van der Waals surface area contributed by atoms with Crippen LogP contribution >= 0.6 is 38.5 Å². The molecule has 0 unspecified atom stereocenters. The van der Waals surface area contributed by atoms with Crippen LogP contribution in [0.5, 0.6) is 11.5 Å². The van der Waals surface area contributed by atoms with Gasteiger partial charge < -0.3 is 9.47 Å². The van der Waals surface area contributed by atoms with Crippen LogP contribution in [0.2, 0.25) is 0 Å². The van der Waals surface area contributed by atoms with Crippen molar-refractivity contribution in [1.82, 2.24) is 5.43 Å². The fourth-order valence-electron chi connectivity index (χ4n) is 1.93. The van der Waals surface area contributed by atoms with Crippen LogP contribution in [0, 0.1) is 3.57 Å². The zero-order chi connectivity index (χ0) is 18.4. The largest absolute Gasteiger partial charge is 0.493 e. The summed E-state index contributed by atoms with van der Waals surface area (Å²) in [6.07, 6.45) is 1.48. The zero-order valence-corrected chi connectivity index (χ0v) is 17.1. The van der Waals surface area contributed by atoms with E-state index >= 15 is 0 Å². The molecule has 2 rings (SSSR count). The predicted molar refractivity (Wildman–Crippen MR) is 106 cm³/mol. The number of nitrogens with one attached hydrogen (secondary N) is 1. The first-order chi connectivity index (χ1) is 11.9. The summed E-state index contributed by atoms with van der Waals surface area (Å²) in [6.45, 7) is 1.32. The molecule has 0 spiro atoms. The molecule has 8 heteroatoms. The van der Waals surface area contributed by atoms with Crippen molar-refractivity contribution in [3.63, 3.8) is 0 Å². The number of benzene rings is 2. The highest BCUT2D eigenvalue weighted by atomic mass is 127. The van der Waals surface area contributed by atoms with Crippen LogP contribution < -0.4 is 14.9 Å². The Morgan fingerprint density at radius 1 is 1.28 bits per heavy atom. The van der Waals surface area contributed by atoms with Crippen molar-refractivity contribution < 1.29 is 19.1 Å². The molecular weight excluding hydrogens is 503 g/mol. The van der Waals surface area contributed by atoms with E-state index in [4.69, 9.17) is 9.47 Å². The van der Waals surface area contributed by atoms with Gasteiger partial charge in [0.1, 0.15) is 0 Å². The quantitative estimate of drug-likeness (QED) is 0.216. The number of rotatable bonds is 5. The van der Waals surface area contributed by atoms with Gasteiger partial charge in [-0.1, -0.05) is 12.1 Å². The monoisotopic (exact) mass is 516 g/mol. The lowest BCUT2D eigenvalue weighted by molar-refractivity contribution is -0.132. The fourth-order valence-corrected chi connectivity index (χ4v) is 3.13. The lowest BCUT2D eigenvalue weighted by atomic mass is 10.2. The van der Waals surface area contributed by atoms with Crippen LogP contribution in [0.15, 0.2) is 46.0 Å². The van der Waals surface area contributed by atoms with Crippen molar-refractivity contribution >= 4 is 56.6 Å². The molecule has 0 radical (unpaired) electrons. The normalized spacial score (nSPS) is 10.6. The standard InChI is InChI=1S/C17H14BrIN2O4/c1-10(22)25-16-14(19)7-11(8-15(16)24-2)9-20-21-17(23)12-5-3-4-6-13(12)18/h3-9H,1-2H3,(H,21,23)/b20-9-. The van der Waals surface area contributed by atoms with Gasteiger partial charge in [-0.2, -0.15) is 5.10 Å². The van der Waals surface area contributed by atoms with Crippen LogP contribution in [0.4, 0.5) is 0 Å². The molecule has 0 aromatic heterocycles. The SMILES string of the molecule is COc1cc(/C=N\NC(=O)c2ccccc2Br)cc(I)c1OC(C)=O. The molecule has 0 atom stereocenters. The highest BCUT2D eigenvalue weighted by Gasteiger charge is 2.13. The van der Waals surface area contributed by atoms with Gasteiger partial charge in [-0.15, -0.1) is 0 Å². The van der Waals surface area contributed by atoms with E-state index in [2.05, 4.69) is 26.5 Å². The van der Waals surface area contributed by atoms with E-state index in [0.29, 0.717) is 30.7 Å². The number of hydrogen-bond acceptors (Lipinski definition) is 5. The highest BCUT2D eigenvalue weighted by molar-refractivity contribution is 14.1. The molecule has 0 heterocycles. The summed E-state index contributed by atoms with van der Waals surface area (Å²) in [7, 11) is 1.48. The second kappa shape index (κ2) is 8.95. The van der Waals surface area contributed by atoms with E-state index in [1.165, 1.54) is 20.2 Å². The van der Waals surface area contributed by atoms with Crippen LogP contribution in [-0.4, -0.2) is 25.2 Å². The van der Waals surface area contributed by atoms with Gasteiger partial charge in [0.25, 0.3) is 5.91 Å². The maximum atomic E-state index is 12.1. The topological polar surface area (TPSA) is 77.0 Å². The molecule has 0 aliphatic heterocycles. The lowest BCUT2D eigenvalue weighted by Crippen LogP contribution is -2.18. The van der Waals surface area contributed by atoms with E-state index in [1.54, 1.807) is 30.3 Å². The molecule has 1 amide bonds. The Bertz CT molecular complexity index is 839. The molecule has 2 aromatic rings. The van der Waals surface area contributed by atoms with Gasteiger partial charge in [0, 0.05) is 11.4 Å². The summed E-state index contributed by atoms with van der Waals surface area (Å²) in [5, 5.41) is 3.95. The van der Waals surface area contributed by atoms with Gasteiger partial charge in [-0.25, -0.2) is 5.43 Å². The molecule has 0 saturated carbocycles. The highest BCUT2D eigenvalue weighted by Crippen LogP contribution is 2.33. The maximum absolute atomic E-state index is 12.1. The summed E-state index contributed by atoms with van der Waals surface area (Å²) >= 11 is 5.35. The summed E-state index contributed by atoms with van der Waals surface area (Å²) in [6, 6.07) is 10.5. The molecule has 130 valence electrons. The Labute approximate surface area is 166 Å². The van der Waals surface area contributed by atoms with E-state index in [9.17, 15) is 9.59 Å². The molecule has 1 N–H and O–H groups in total. The number of amides is 1. The van der Waals surface area contributed by atoms with Gasteiger partial charge >= 0.3 is 5.97 Å². The van der Waals surface area contributed by atoms with E-state index < -0.39 is 5.97 Å². The average molecular weight is 517 g/mol. The van der Waals surface area contributed by atoms with E-state index in [0.717, 1.165) is 0 Å². The van der Waals surface area contributed by atoms with Crippen LogP contribution in [0.1, 0.15) is 22.8 Å². The maximum Gasteiger partial charge on any atom is 0.308 e. The second-order valence-corrected chi connectivity index (χ2v) is 6.82. The number of hydrogen-bond donors (Lipinski definition) is 1. The number of halogens is 2. The minimum atomic E-state index is -0.432. The Balaban J connectivity index is 2.16. The van der Waals surface area contributed by atoms with E-state index in [-0.39, 0.29) is 5.91 Å². The van der Waals surface area contributed by atoms with Crippen molar-refractivity contribution in [2.24, 2.45) is 5.10 Å². The summed E-state index contributed by atoms with van der Waals surface area (Å²) in [4.78, 5) is 23.3. The van der Waals surface area contributed by atoms with Crippen molar-refractivity contribution in [3.05, 3.63) is 55.6 Å². The smallest absolute Gasteiger partial charge is 0.308 e. The molecule has 6 nitrogen and oxygen atoms in total. The first-order valence-corrected chi connectivity index (χ1v) is 8.93. The third kappa shape index (κ3) is 5.27. The number of ether oxygens (including phenoxy) is 2. The number of carbonyl (C=O) groups is 2. The zero-order valence-electron chi connectivity index (χ0n) is 13.4. The minimum absolute atomic E-state index is 0.332. The molecule has 25 heavy (non-hydrogen) atoms. The van der Waals surface area contributed by atoms with Crippen LogP contribution in [0.25, 0.3) is 0 Å². The summed E-state index contributed by atoms with van der Waals surface area (Å²) in [5.74, 6) is -0.00839. The number of esters is 1. The number of carbonyl (C=O) groups excluding carboxylic acids is 2. The van der Waals surface area contributed by atoms with Gasteiger partial charge in [0.2, 0.25) is 0 Å². The van der Waals surface area contributed by atoms with Gasteiger partial charge in [-0.05, 0) is 68.3 Å². The van der Waals surface area contributed by atoms with Crippen molar-refractivity contribution in [3.8, 4) is 11.5 Å². The lowest BCUT2D eigenvalue weighted by Gasteiger charge is -2.10. The Morgan fingerprint density at radius 2 is 2.00 bits per heavy atom. The minimum Gasteiger partial charge on any atom is -0.493 e. The fraction of sp³-hybridized carbons (Fsp3) is 0.118. The Morgan fingerprint density at radius 3 is 2.64 bits per heavy atom. The molecular formula is C17H14BrIN2O4. The molecule has 2 aromatic carbocycles. The van der Waals surface area contributed by atoms with Crippen molar-refractivity contribution in [1.29, 1.82) is 0 Å². The number of hydrazone groups is 1. The molecule has 0 saturated heterocycles. The molecule has 0 fully saturated rings. The predicted octanol–water partition coefficient (Wildman–Crippen LogP) is 3.75. The van der Waals surface area contributed by atoms with E-state index in [1.807, 2.05) is 28.7 Å². The van der Waals surface area contributed by atoms with Crippen molar-refractivity contribution in [2.45, 2.75) is 6.92 Å². The molecule has 0 aliphatic carbocycles. The summed E-state index contributed by atoms with van der Waals surface area (Å²) < 4.78 is 11.8. The first-order valence-electron chi connectivity index (χ1n) is 7.06. The van der Waals surface area contributed by atoms with Crippen molar-refractivity contribution in [2.75, 3.05) is 7.11 Å². The summed E-state index contributed by atoms with van der Waals surface area (Å²) in [5.41, 5.74) is 3.63. The van der Waals surface area contributed by atoms with Gasteiger partial charge in [-0.3, -0.25) is 9.59 Å². The average Bonchev–Trinajstić information content (AvgIpc) is 2.57.